The summed E-state index contributed by atoms with van der Waals surface area (Å²) in [5.74, 6) is 2.24. The second kappa shape index (κ2) is 8.19. The van der Waals surface area contributed by atoms with E-state index in [2.05, 4.69) is 5.32 Å². The molecule has 0 unspecified atom stereocenters. The summed E-state index contributed by atoms with van der Waals surface area (Å²) in [5.41, 5.74) is 2.10. The molecule has 2 N–H and O–H groups in total. The molecule has 6 rings (SSSR count). The molecule has 166 valence electrons. The lowest BCUT2D eigenvalue weighted by Crippen LogP contribution is -2.46. The van der Waals surface area contributed by atoms with Crippen molar-refractivity contribution in [3.63, 3.8) is 0 Å². The quantitative estimate of drug-likeness (QED) is 0.343. The monoisotopic (exact) mass is 431 g/mol. The highest BCUT2D eigenvalue weighted by atomic mass is 16.3. The lowest BCUT2D eigenvalue weighted by Gasteiger charge is -2.56. The predicted molar refractivity (Wildman–Crippen MR) is 122 cm³/mol. The van der Waals surface area contributed by atoms with Gasteiger partial charge in [0.15, 0.2) is 11.6 Å². The van der Waals surface area contributed by atoms with E-state index in [1.165, 1.54) is 50.7 Å². The maximum Gasteiger partial charge on any atom is 0.211 e. The van der Waals surface area contributed by atoms with Crippen LogP contribution in [0.5, 0.6) is 5.75 Å². The number of carbonyl (C=O) groups excluding carboxylic acids is 3. The first-order valence-electron chi connectivity index (χ1n) is 11.6. The lowest BCUT2D eigenvalue weighted by molar-refractivity contribution is -0.105. The first kappa shape index (κ1) is 20.9. The summed E-state index contributed by atoms with van der Waals surface area (Å²) in [6, 6.07) is 12.0. The van der Waals surface area contributed by atoms with Gasteiger partial charge >= 0.3 is 0 Å². The van der Waals surface area contributed by atoms with Gasteiger partial charge in [0.05, 0.1) is 11.3 Å². The molecule has 0 radical (unpaired) electrons. The summed E-state index contributed by atoms with van der Waals surface area (Å²) in [7, 11) is 0. The third-order valence-electron chi connectivity index (χ3n) is 7.89. The van der Waals surface area contributed by atoms with Crippen LogP contribution in [0.1, 0.15) is 71.2 Å². The van der Waals surface area contributed by atoms with Crippen LogP contribution in [0.25, 0.3) is 0 Å². The van der Waals surface area contributed by atoms with Crippen LogP contribution in [-0.2, 0) is 11.2 Å². The second-order valence-electron chi connectivity index (χ2n) is 10.3. The minimum Gasteiger partial charge on any atom is -0.505 e. The van der Waals surface area contributed by atoms with Crippen molar-refractivity contribution in [1.82, 2.24) is 0 Å². The third kappa shape index (κ3) is 3.96. The van der Waals surface area contributed by atoms with E-state index in [9.17, 15) is 19.5 Å². The normalized spacial score (nSPS) is 27.8. The Hall–Kier alpha value is -2.95. The van der Waals surface area contributed by atoms with E-state index < -0.39 is 0 Å². The highest BCUT2D eigenvalue weighted by Gasteiger charge is 2.51. The molecule has 4 bridgehead atoms. The Labute approximate surface area is 188 Å². The molecule has 5 heteroatoms. The molecule has 0 aliphatic heterocycles. The number of Topliss-reactive ketones (excluding diaryl/α,β-unsaturated/α-hetero) is 2. The van der Waals surface area contributed by atoms with Crippen molar-refractivity contribution in [2.24, 2.45) is 23.2 Å². The SMILES string of the molecule is O=CNc1cccc(C(=O)Cc2ccc(C(=O)CC34CC5CC(CC(C5)C3)C4)cc2)c1O. The first-order chi connectivity index (χ1) is 15.4. The Morgan fingerprint density at radius 2 is 1.56 bits per heavy atom. The maximum atomic E-state index is 13.1. The van der Waals surface area contributed by atoms with Crippen molar-refractivity contribution in [1.29, 1.82) is 0 Å². The van der Waals surface area contributed by atoms with Crippen molar-refractivity contribution in [2.75, 3.05) is 5.32 Å². The molecule has 0 heterocycles. The van der Waals surface area contributed by atoms with Crippen molar-refractivity contribution in [3.05, 3.63) is 59.2 Å². The summed E-state index contributed by atoms with van der Waals surface area (Å²) in [6.07, 6.45) is 9.01. The fourth-order valence-corrected chi connectivity index (χ4v) is 6.99. The molecule has 2 aromatic rings. The number of rotatable bonds is 8. The number of ketones is 2. The van der Waals surface area contributed by atoms with Gasteiger partial charge in [-0.1, -0.05) is 30.3 Å². The number of anilines is 1. The van der Waals surface area contributed by atoms with Crippen LogP contribution in [0.15, 0.2) is 42.5 Å². The Morgan fingerprint density at radius 3 is 2.16 bits per heavy atom. The smallest absolute Gasteiger partial charge is 0.211 e. The largest absolute Gasteiger partial charge is 0.505 e. The number of phenolic OH excluding ortho intramolecular Hbond substituents is 1. The van der Waals surface area contributed by atoms with Gasteiger partial charge in [-0.25, -0.2) is 0 Å². The number of carbonyl (C=O) groups is 3. The molecule has 0 spiro atoms. The number of aromatic hydroxyl groups is 1. The Bertz CT molecular complexity index is 1020. The average molecular weight is 432 g/mol. The van der Waals surface area contributed by atoms with Gasteiger partial charge < -0.3 is 10.4 Å². The van der Waals surface area contributed by atoms with E-state index >= 15 is 0 Å². The van der Waals surface area contributed by atoms with Crippen LogP contribution in [0.4, 0.5) is 5.69 Å². The van der Waals surface area contributed by atoms with Gasteiger partial charge in [0.2, 0.25) is 6.41 Å². The molecule has 32 heavy (non-hydrogen) atoms. The van der Waals surface area contributed by atoms with E-state index in [0.29, 0.717) is 12.8 Å². The summed E-state index contributed by atoms with van der Waals surface area (Å²) >= 11 is 0. The first-order valence-corrected chi connectivity index (χ1v) is 11.6. The molecule has 0 aromatic heterocycles. The summed E-state index contributed by atoms with van der Waals surface area (Å²) in [6.45, 7) is 0. The number of nitrogens with one attached hydrogen (secondary N) is 1. The molecular formula is C27H29NO4. The highest BCUT2D eigenvalue weighted by molar-refractivity contribution is 6.02. The molecule has 4 saturated carbocycles. The third-order valence-corrected chi connectivity index (χ3v) is 7.89. The number of phenols is 1. The average Bonchev–Trinajstić information content (AvgIpc) is 2.74. The van der Waals surface area contributed by atoms with Crippen molar-refractivity contribution in [2.45, 2.75) is 51.4 Å². The molecule has 4 fully saturated rings. The summed E-state index contributed by atoms with van der Waals surface area (Å²) < 4.78 is 0. The minimum atomic E-state index is -0.246. The van der Waals surface area contributed by atoms with Gasteiger partial charge in [0.1, 0.15) is 5.75 Å². The van der Waals surface area contributed by atoms with Gasteiger partial charge in [-0.15, -0.1) is 0 Å². The van der Waals surface area contributed by atoms with Gasteiger partial charge in [-0.05, 0) is 79.4 Å². The zero-order valence-corrected chi connectivity index (χ0v) is 18.2. The van der Waals surface area contributed by atoms with E-state index in [1.54, 1.807) is 6.07 Å². The molecule has 0 atom stereocenters. The number of hydrogen-bond donors (Lipinski definition) is 2. The summed E-state index contributed by atoms with van der Waals surface area (Å²) in [5, 5.41) is 12.6. The lowest BCUT2D eigenvalue weighted by atomic mass is 9.48. The number of amides is 1. The standard InChI is InChI=1S/C27H29NO4/c29-16-28-23-3-1-2-22(26(23)32)24(30)11-17-4-6-21(7-5-17)25(31)15-27-12-18-8-19(13-27)10-20(9-18)14-27/h1-7,16,18-20,32H,8-15H2,(H,28,29). The van der Waals surface area contributed by atoms with Crippen LogP contribution in [-0.4, -0.2) is 23.1 Å². The second-order valence-corrected chi connectivity index (χ2v) is 10.3. The van der Waals surface area contributed by atoms with Crippen LogP contribution < -0.4 is 5.32 Å². The Kier molecular flexibility index (Phi) is 5.36. The fraction of sp³-hybridized carbons (Fsp3) is 0.444. The van der Waals surface area contributed by atoms with Crippen LogP contribution in [0, 0.1) is 23.2 Å². The van der Waals surface area contributed by atoms with Crippen LogP contribution >= 0.6 is 0 Å². The molecule has 1 amide bonds. The number of para-hydroxylation sites is 1. The zero-order chi connectivity index (χ0) is 22.3. The number of benzene rings is 2. The summed E-state index contributed by atoms with van der Waals surface area (Å²) in [4.78, 5) is 36.4. The molecule has 0 saturated heterocycles. The van der Waals surface area contributed by atoms with Gasteiger partial charge in [0, 0.05) is 18.4 Å². The number of hydrogen-bond acceptors (Lipinski definition) is 4. The fourth-order valence-electron chi connectivity index (χ4n) is 6.99. The molecule has 4 aliphatic carbocycles. The highest BCUT2D eigenvalue weighted by Crippen LogP contribution is 2.61. The van der Waals surface area contributed by atoms with Gasteiger partial charge in [0.25, 0.3) is 0 Å². The maximum absolute atomic E-state index is 13.1. The molecule has 2 aromatic carbocycles. The molecule has 4 aliphatic rings. The van der Waals surface area contributed by atoms with E-state index in [0.717, 1.165) is 28.9 Å². The minimum absolute atomic E-state index is 0.113. The van der Waals surface area contributed by atoms with Crippen molar-refractivity contribution >= 4 is 23.7 Å². The van der Waals surface area contributed by atoms with Gasteiger partial charge in [-0.2, -0.15) is 0 Å². The van der Waals surface area contributed by atoms with Crippen LogP contribution in [0.3, 0.4) is 0 Å². The molecule has 5 nitrogen and oxygen atoms in total. The molecular weight excluding hydrogens is 402 g/mol. The Morgan fingerprint density at radius 1 is 0.938 bits per heavy atom. The van der Waals surface area contributed by atoms with E-state index in [1.807, 2.05) is 24.3 Å². The topological polar surface area (TPSA) is 83.5 Å². The Balaban J connectivity index is 1.25. The van der Waals surface area contributed by atoms with E-state index in [-0.39, 0.29) is 40.4 Å². The predicted octanol–water partition coefficient (Wildman–Crippen LogP) is 5.18. The van der Waals surface area contributed by atoms with Crippen molar-refractivity contribution < 1.29 is 19.5 Å². The zero-order valence-electron chi connectivity index (χ0n) is 18.2. The van der Waals surface area contributed by atoms with E-state index in [4.69, 9.17) is 0 Å². The van der Waals surface area contributed by atoms with Crippen molar-refractivity contribution in [3.8, 4) is 5.75 Å². The van der Waals surface area contributed by atoms with Crippen LogP contribution in [0.2, 0.25) is 0 Å². The van der Waals surface area contributed by atoms with Gasteiger partial charge in [-0.3, -0.25) is 14.4 Å².